The molecule has 1 heterocycles. The molecule has 0 aliphatic carbocycles. The van der Waals surface area contributed by atoms with Gasteiger partial charge in [-0.05, 0) is 13.0 Å². The highest BCUT2D eigenvalue weighted by atomic mass is 16.5. The second kappa shape index (κ2) is 4.57. The van der Waals surface area contributed by atoms with Crippen LogP contribution in [0, 0.1) is 0 Å². The lowest BCUT2D eigenvalue weighted by Crippen LogP contribution is -2.15. The minimum Gasteiger partial charge on any atom is -0.464 e. The van der Waals surface area contributed by atoms with E-state index in [9.17, 15) is 9.90 Å². The van der Waals surface area contributed by atoms with E-state index in [1.807, 2.05) is 0 Å². The first kappa shape index (κ1) is 9.67. The van der Waals surface area contributed by atoms with Crippen LogP contribution >= 0.6 is 0 Å². The van der Waals surface area contributed by atoms with Crippen LogP contribution in [0.3, 0.4) is 0 Å². The minimum absolute atomic E-state index is 0.260. The molecule has 4 nitrogen and oxygen atoms in total. The van der Waals surface area contributed by atoms with E-state index in [-0.39, 0.29) is 6.61 Å². The molecule has 0 amide bonds. The molecule has 0 bridgehead atoms. The van der Waals surface area contributed by atoms with Gasteiger partial charge in [0.15, 0.2) is 6.10 Å². The van der Waals surface area contributed by atoms with Crippen LogP contribution in [-0.2, 0) is 9.53 Å². The molecule has 1 aromatic heterocycles. The molecule has 1 aromatic rings. The Kier molecular flexibility index (Phi) is 3.40. The van der Waals surface area contributed by atoms with Crippen LogP contribution in [0.4, 0.5) is 0 Å². The van der Waals surface area contributed by atoms with Gasteiger partial charge in [-0.15, -0.1) is 0 Å². The molecular weight excluding hydrogens is 170 g/mol. The monoisotopic (exact) mass is 181 g/mol. The molecule has 1 rings (SSSR count). The summed E-state index contributed by atoms with van der Waals surface area (Å²) in [5.41, 5.74) is 0.445. The fourth-order valence-corrected chi connectivity index (χ4v) is 0.895. The van der Waals surface area contributed by atoms with Crippen molar-refractivity contribution in [3.05, 3.63) is 30.1 Å². The molecule has 0 aliphatic heterocycles. The standard InChI is InChI=1S/C9H11NO3/c1-2-13-9(12)8(11)7-4-3-5-10-6-7/h3-6,8,11H,2H2,1H3. The number of pyridine rings is 1. The average Bonchev–Trinajstić information content (AvgIpc) is 2.18. The molecule has 0 fully saturated rings. The number of ether oxygens (including phenoxy) is 1. The second-order valence-corrected chi connectivity index (χ2v) is 2.44. The average molecular weight is 181 g/mol. The molecule has 0 aromatic carbocycles. The lowest BCUT2D eigenvalue weighted by Gasteiger charge is -2.08. The van der Waals surface area contributed by atoms with Gasteiger partial charge in [-0.3, -0.25) is 4.98 Å². The molecular formula is C9H11NO3. The number of aromatic nitrogens is 1. The van der Waals surface area contributed by atoms with Crippen molar-refractivity contribution in [2.24, 2.45) is 0 Å². The molecule has 13 heavy (non-hydrogen) atoms. The third-order valence-electron chi connectivity index (χ3n) is 1.51. The maximum Gasteiger partial charge on any atom is 0.339 e. The van der Waals surface area contributed by atoms with Gasteiger partial charge in [-0.1, -0.05) is 6.07 Å². The van der Waals surface area contributed by atoms with Crippen molar-refractivity contribution in [2.75, 3.05) is 6.61 Å². The van der Waals surface area contributed by atoms with E-state index in [2.05, 4.69) is 9.72 Å². The summed E-state index contributed by atoms with van der Waals surface area (Å²) in [6.07, 6.45) is 1.77. The van der Waals surface area contributed by atoms with E-state index in [4.69, 9.17) is 0 Å². The number of esters is 1. The third-order valence-corrected chi connectivity index (χ3v) is 1.51. The quantitative estimate of drug-likeness (QED) is 0.696. The van der Waals surface area contributed by atoms with Crippen LogP contribution in [0.2, 0.25) is 0 Å². The number of carbonyl (C=O) groups excluding carboxylic acids is 1. The second-order valence-electron chi connectivity index (χ2n) is 2.44. The van der Waals surface area contributed by atoms with Crippen LogP contribution in [0.25, 0.3) is 0 Å². The van der Waals surface area contributed by atoms with E-state index in [0.29, 0.717) is 5.56 Å². The van der Waals surface area contributed by atoms with Crippen molar-refractivity contribution in [1.82, 2.24) is 4.98 Å². The summed E-state index contributed by atoms with van der Waals surface area (Å²) in [5.74, 6) is -0.643. The summed E-state index contributed by atoms with van der Waals surface area (Å²) < 4.78 is 4.64. The van der Waals surface area contributed by atoms with Crippen LogP contribution in [0.15, 0.2) is 24.5 Å². The maximum atomic E-state index is 11.0. The van der Waals surface area contributed by atoms with Crippen LogP contribution in [0.1, 0.15) is 18.6 Å². The van der Waals surface area contributed by atoms with Crippen LogP contribution in [0.5, 0.6) is 0 Å². The summed E-state index contributed by atoms with van der Waals surface area (Å²) in [4.78, 5) is 14.8. The highest BCUT2D eigenvalue weighted by Gasteiger charge is 2.17. The van der Waals surface area contributed by atoms with E-state index >= 15 is 0 Å². The van der Waals surface area contributed by atoms with Crippen molar-refractivity contribution in [1.29, 1.82) is 0 Å². The largest absolute Gasteiger partial charge is 0.464 e. The van der Waals surface area contributed by atoms with Gasteiger partial charge in [-0.2, -0.15) is 0 Å². The van der Waals surface area contributed by atoms with Gasteiger partial charge in [0.05, 0.1) is 6.61 Å². The Hall–Kier alpha value is -1.42. The number of hydrogen-bond donors (Lipinski definition) is 1. The van der Waals surface area contributed by atoms with Gasteiger partial charge in [-0.25, -0.2) is 4.79 Å². The molecule has 0 radical (unpaired) electrons. The first-order chi connectivity index (χ1) is 6.25. The molecule has 70 valence electrons. The summed E-state index contributed by atoms with van der Waals surface area (Å²) in [6.45, 7) is 1.95. The van der Waals surface area contributed by atoms with E-state index in [0.717, 1.165) is 0 Å². The van der Waals surface area contributed by atoms with E-state index in [1.54, 1.807) is 25.3 Å². The summed E-state index contributed by atoms with van der Waals surface area (Å²) in [7, 11) is 0. The Bertz CT molecular complexity index is 273. The molecule has 4 heteroatoms. The minimum atomic E-state index is -1.23. The van der Waals surface area contributed by atoms with Gasteiger partial charge in [0.25, 0.3) is 0 Å². The molecule has 0 aliphatic rings. The molecule has 1 unspecified atom stereocenters. The predicted octanol–water partition coefficient (Wildman–Crippen LogP) is 0.678. The van der Waals surface area contributed by atoms with Crippen LogP contribution in [-0.4, -0.2) is 22.7 Å². The van der Waals surface area contributed by atoms with Crippen molar-refractivity contribution in [3.63, 3.8) is 0 Å². The molecule has 0 spiro atoms. The topological polar surface area (TPSA) is 59.4 Å². The van der Waals surface area contributed by atoms with Crippen molar-refractivity contribution < 1.29 is 14.6 Å². The highest BCUT2D eigenvalue weighted by molar-refractivity contribution is 5.75. The van der Waals surface area contributed by atoms with Gasteiger partial charge in [0.2, 0.25) is 0 Å². The summed E-state index contributed by atoms with van der Waals surface area (Å²) in [5, 5.41) is 9.41. The van der Waals surface area contributed by atoms with Gasteiger partial charge >= 0.3 is 5.97 Å². The fraction of sp³-hybridized carbons (Fsp3) is 0.333. The maximum absolute atomic E-state index is 11.0. The number of rotatable bonds is 3. The number of carbonyl (C=O) groups is 1. The van der Waals surface area contributed by atoms with Crippen molar-refractivity contribution in [2.45, 2.75) is 13.0 Å². The Balaban J connectivity index is 2.68. The Morgan fingerprint density at radius 2 is 2.54 bits per heavy atom. The normalized spacial score (nSPS) is 12.2. The smallest absolute Gasteiger partial charge is 0.339 e. The zero-order chi connectivity index (χ0) is 9.68. The highest BCUT2D eigenvalue weighted by Crippen LogP contribution is 2.11. The van der Waals surface area contributed by atoms with Gasteiger partial charge in [0.1, 0.15) is 0 Å². The zero-order valence-corrected chi connectivity index (χ0v) is 7.30. The first-order valence-electron chi connectivity index (χ1n) is 4.00. The SMILES string of the molecule is CCOC(=O)C(O)c1cccnc1. The van der Waals surface area contributed by atoms with Crippen molar-refractivity contribution in [3.8, 4) is 0 Å². The molecule has 0 saturated carbocycles. The Morgan fingerprint density at radius 1 is 1.77 bits per heavy atom. The third kappa shape index (κ3) is 2.52. The zero-order valence-electron chi connectivity index (χ0n) is 7.30. The molecule has 0 saturated heterocycles. The number of aliphatic hydroxyl groups excluding tert-OH is 1. The number of hydrogen-bond acceptors (Lipinski definition) is 4. The lowest BCUT2D eigenvalue weighted by molar-refractivity contribution is -0.153. The number of aliphatic hydroxyl groups is 1. The molecule has 1 N–H and O–H groups in total. The van der Waals surface area contributed by atoms with Gasteiger partial charge < -0.3 is 9.84 Å². The lowest BCUT2D eigenvalue weighted by atomic mass is 10.2. The summed E-state index contributed by atoms with van der Waals surface area (Å²) >= 11 is 0. The molecule has 1 atom stereocenters. The fourth-order valence-electron chi connectivity index (χ4n) is 0.895. The van der Waals surface area contributed by atoms with Crippen LogP contribution < -0.4 is 0 Å². The Morgan fingerprint density at radius 3 is 3.08 bits per heavy atom. The van der Waals surface area contributed by atoms with Gasteiger partial charge in [0, 0.05) is 18.0 Å². The summed E-state index contributed by atoms with van der Waals surface area (Å²) in [6, 6.07) is 3.27. The van der Waals surface area contributed by atoms with E-state index < -0.39 is 12.1 Å². The number of nitrogens with zero attached hydrogens (tertiary/aromatic N) is 1. The van der Waals surface area contributed by atoms with E-state index in [1.165, 1.54) is 6.20 Å². The first-order valence-corrected chi connectivity index (χ1v) is 4.00. The predicted molar refractivity (Wildman–Crippen MR) is 45.8 cm³/mol. The Labute approximate surface area is 76.2 Å². The van der Waals surface area contributed by atoms with Crippen molar-refractivity contribution >= 4 is 5.97 Å².